The van der Waals surface area contributed by atoms with Gasteiger partial charge in [0.2, 0.25) is 0 Å². The summed E-state index contributed by atoms with van der Waals surface area (Å²) in [6.45, 7) is 0. The van der Waals surface area contributed by atoms with E-state index in [-0.39, 0.29) is 138 Å². The molecule has 0 heterocycles. The summed E-state index contributed by atoms with van der Waals surface area (Å²) in [5, 5.41) is 0. The molecule has 4 heteroatoms. The number of hydrogen-bond acceptors (Lipinski definition) is 0. The van der Waals surface area contributed by atoms with E-state index >= 15 is 0 Å². The van der Waals surface area contributed by atoms with Crippen LogP contribution in [0.15, 0.2) is 0 Å². The normalized spacial score (nSPS) is 0. The minimum absolute atomic E-state index is 0. The van der Waals surface area contributed by atoms with Crippen molar-refractivity contribution in [1.29, 1.82) is 0 Å². The Morgan fingerprint density at radius 2 is 1.00 bits per heavy atom. The fourth-order valence-corrected chi connectivity index (χ4v) is 0. The second-order valence-corrected chi connectivity index (χ2v) is 0. The van der Waals surface area contributed by atoms with Crippen LogP contribution in [0.4, 0.5) is 0 Å². The van der Waals surface area contributed by atoms with Crippen molar-refractivity contribution in [2.24, 2.45) is 0 Å². The van der Waals surface area contributed by atoms with Gasteiger partial charge in [-0.15, -0.1) is 0 Å². The van der Waals surface area contributed by atoms with Crippen LogP contribution in [0, 0.1) is 0 Å². The van der Waals surface area contributed by atoms with Crippen LogP contribution < -0.4 is 0 Å². The summed E-state index contributed by atoms with van der Waals surface area (Å²) in [6, 6.07) is 0. The third kappa shape index (κ3) is 9.70. The van der Waals surface area contributed by atoms with E-state index in [0.29, 0.717) is 0 Å². The minimum atomic E-state index is 0. The smallest absolute Gasteiger partial charge is 0 e. The Morgan fingerprint density at radius 3 is 1.00 bits per heavy atom. The fourth-order valence-electron chi connectivity index (χ4n) is 0. The molecular weight excluding hydrogens is 590 g/mol. The Morgan fingerprint density at radius 1 is 1.00 bits per heavy atom. The molecule has 0 rings (SSSR count). The molecule has 0 aromatic rings. The molecule has 0 aliphatic rings. The quantitative estimate of drug-likeness (QED) is 0.326. The number of hydrogen-bond donors (Lipinski definition) is 0. The van der Waals surface area contributed by atoms with Crippen LogP contribution in [0.1, 0.15) is 0 Å². The molecule has 0 spiro atoms. The first kappa shape index (κ1) is 23.6. The second kappa shape index (κ2) is 15.6. The molecule has 0 unspecified atom stereocenters. The predicted molar refractivity (Wildman–Crippen MR) is 11.5 cm³/mol. The van der Waals surface area contributed by atoms with Gasteiger partial charge in [-0.05, 0) is 0 Å². The Labute approximate surface area is 133 Å². The van der Waals surface area contributed by atoms with Crippen molar-refractivity contribution in [2.45, 2.75) is 0 Å². The van der Waals surface area contributed by atoms with E-state index in [0.717, 1.165) is 0 Å². The SMILES string of the molecule is [Ba].[Sr].[Ta].[W]. The van der Waals surface area contributed by atoms with Gasteiger partial charge in [0.05, 0.1) is 0 Å². The zero-order chi connectivity index (χ0) is 0. The Bertz CT molecular complexity index is 8.00. The summed E-state index contributed by atoms with van der Waals surface area (Å²) >= 11 is 0. The molecule has 0 fully saturated rings. The summed E-state index contributed by atoms with van der Waals surface area (Å²) in [5.74, 6) is 0. The molecule has 0 atom stereocenters. The van der Waals surface area contributed by atoms with E-state index in [2.05, 4.69) is 0 Å². The zero-order valence-corrected chi connectivity index (χ0v) is 16.3. The summed E-state index contributed by atoms with van der Waals surface area (Å²) in [4.78, 5) is 0. The van der Waals surface area contributed by atoms with Gasteiger partial charge in [0.25, 0.3) is 0 Å². The van der Waals surface area contributed by atoms with E-state index < -0.39 is 0 Å². The van der Waals surface area contributed by atoms with E-state index in [1.807, 2.05) is 0 Å². The topological polar surface area (TPSA) is 0 Å². The molecule has 0 saturated carbocycles. The zero-order valence-electron chi connectivity index (χ0n) is 2.27. The van der Waals surface area contributed by atoms with Gasteiger partial charge in [0, 0.05) is 138 Å². The van der Waals surface area contributed by atoms with Crippen LogP contribution in [-0.4, -0.2) is 94.4 Å². The molecular formula is BaSrTaW. The van der Waals surface area contributed by atoms with Crippen molar-refractivity contribution in [2.75, 3.05) is 0 Å². The largest absolute Gasteiger partial charge is 0 e. The third-order valence-electron chi connectivity index (χ3n) is 0. The van der Waals surface area contributed by atoms with Gasteiger partial charge >= 0.3 is 0 Å². The third-order valence-corrected chi connectivity index (χ3v) is 0. The molecule has 0 aliphatic carbocycles. The van der Waals surface area contributed by atoms with Gasteiger partial charge in [-0.25, -0.2) is 0 Å². The molecule has 0 bridgehead atoms. The molecule has 0 amide bonds. The predicted octanol–water partition coefficient (Wildman–Crippen LogP) is -0.767. The maximum Gasteiger partial charge on any atom is 0 e. The molecule has 0 nitrogen and oxygen atoms in total. The number of rotatable bonds is 0. The fraction of sp³-hybridized carbons (Fsp3) is 0. The van der Waals surface area contributed by atoms with Crippen molar-refractivity contribution < 1.29 is 43.4 Å². The van der Waals surface area contributed by atoms with Crippen LogP contribution in [0.5, 0.6) is 0 Å². The van der Waals surface area contributed by atoms with Crippen LogP contribution in [-0.2, 0) is 43.4 Å². The molecule has 0 aromatic carbocycles. The van der Waals surface area contributed by atoms with Crippen LogP contribution in [0.3, 0.4) is 0 Å². The minimum Gasteiger partial charge on any atom is 0 e. The van der Waals surface area contributed by atoms with Crippen molar-refractivity contribution in [3.63, 3.8) is 0 Å². The first-order valence-corrected chi connectivity index (χ1v) is 0. The molecule has 4 heavy (non-hydrogen) atoms. The Balaban J connectivity index is 0. The molecule has 0 N–H and O–H groups in total. The summed E-state index contributed by atoms with van der Waals surface area (Å²) in [7, 11) is 0. The maximum absolute atomic E-state index is 0. The molecule has 5 radical (unpaired) electrons. The van der Waals surface area contributed by atoms with Gasteiger partial charge in [-0.1, -0.05) is 0 Å². The van der Waals surface area contributed by atoms with Crippen LogP contribution >= 0.6 is 0 Å². The van der Waals surface area contributed by atoms with E-state index in [1.54, 1.807) is 0 Å². The summed E-state index contributed by atoms with van der Waals surface area (Å²) < 4.78 is 0. The Kier molecular flexibility index (Phi) is 92.5. The molecule has 0 aliphatic heterocycles. The van der Waals surface area contributed by atoms with Crippen molar-refractivity contribution in [1.82, 2.24) is 0 Å². The monoisotopic (exact) mass is 591 g/mol. The summed E-state index contributed by atoms with van der Waals surface area (Å²) in [5.41, 5.74) is 0. The van der Waals surface area contributed by atoms with E-state index in [9.17, 15) is 0 Å². The van der Waals surface area contributed by atoms with E-state index in [4.69, 9.17) is 0 Å². The van der Waals surface area contributed by atoms with Crippen molar-refractivity contribution >= 4 is 94.4 Å². The average molecular weight is 590 g/mol. The maximum atomic E-state index is 0. The molecule has 15 valence electrons. The van der Waals surface area contributed by atoms with Gasteiger partial charge in [0.1, 0.15) is 0 Å². The summed E-state index contributed by atoms with van der Waals surface area (Å²) in [6.07, 6.45) is 0. The van der Waals surface area contributed by atoms with Gasteiger partial charge in [-0.2, -0.15) is 0 Å². The van der Waals surface area contributed by atoms with Crippen molar-refractivity contribution in [3.05, 3.63) is 0 Å². The first-order valence-electron chi connectivity index (χ1n) is 0. The Hall–Kier alpha value is 4.48. The van der Waals surface area contributed by atoms with Gasteiger partial charge in [-0.3, -0.25) is 0 Å². The average Bonchev–Trinajstić information content (AvgIpc) is 0. The molecule has 0 aromatic heterocycles. The van der Waals surface area contributed by atoms with Gasteiger partial charge in [0.15, 0.2) is 0 Å². The van der Waals surface area contributed by atoms with Crippen molar-refractivity contribution in [3.8, 4) is 0 Å². The standard InChI is InChI=1S/Ba.Sr.Ta.W. The second-order valence-electron chi connectivity index (χ2n) is 0. The van der Waals surface area contributed by atoms with Gasteiger partial charge < -0.3 is 0 Å². The first-order chi connectivity index (χ1) is 0. The van der Waals surface area contributed by atoms with Crippen LogP contribution in [0.25, 0.3) is 0 Å². The van der Waals surface area contributed by atoms with Crippen LogP contribution in [0.2, 0.25) is 0 Å². The van der Waals surface area contributed by atoms with E-state index in [1.165, 1.54) is 0 Å². The molecule has 0 saturated heterocycles.